The topological polar surface area (TPSA) is 76.2 Å². The molecule has 4 rings (SSSR count). The second-order valence-electron chi connectivity index (χ2n) is 9.58. The Kier molecular flexibility index (Phi) is 6.25. The maximum absolute atomic E-state index is 12.4. The number of aliphatic hydroxyl groups excluding tert-OH is 1. The molecule has 0 saturated carbocycles. The lowest BCUT2D eigenvalue weighted by Crippen LogP contribution is -2.27. The molecule has 3 N–H and O–H groups in total. The number of rotatable bonds is 5. The van der Waals surface area contributed by atoms with Gasteiger partial charge >= 0.3 is 0 Å². The molecule has 0 saturated heterocycles. The number of pyridine rings is 1. The number of halogens is 1. The zero-order valence-corrected chi connectivity index (χ0v) is 20.6. The second kappa shape index (κ2) is 8.64. The van der Waals surface area contributed by atoms with Crippen LogP contribution in [-0.2, 0) is 12.8 Å². The first-order chi connectivity index (χ1) is 14.7. The number of carbonyl (C=O) groups excluding carboxylic acids is 1. The molecule has 1 aliphatic rings. The number of aliphatic hydroxyl groups is 1. The van der Waals surface area contributed by atoms with E-state index in [2.05, 4.69) is 48.8 Å². The molecule has 164 valence electrons. The van der Waals surface area contributed by atoms with Crippen molar-refractivity contribution in [1.82, 2.24) is 4.98 Å². The fraction of sp³-hybridized carbons (Fsp3) is 0.440. The maximum atomic E-state index is 12.4. The molecule has 1 amide bonds. The predicted molar refractivity (Wildman–Crippen MR) is 131 cm³/mol. The van der Waals surface area contributed by atoms with E-state index in [0.717, 1.165) is 50.8 Å². The van der Waals surface area contributed by atoms with Gasteiger partial charge in [0.1, 0.15) is 4.83 Å². The van der Waals surface area contributed by atoms with E-state index < -0.39 is 5.91 Å². The summed E-state index contributed by atoms with van der Waals surface area (Å²) in [5, 5.41) is 10.8. The van der Waals surface area contributed by atoms with Gasteiger partial charge in [0.15, 0.2) is 0 Å². The highest BCUT2D eigenvalue weighted by atomic mass is 79.9. The maximum Gasteiger partial charge on any atom is 0.259 e. The number of primary amides is 1. The van der Waals surface area contributed by atoms with E-state index in [1.165, 1.54) is 16.9 Å². The summed E-state index contributed by atoms with van der Waals surface area (Å²) in [6, 6.07) is 10.3. The number of nitrogens with zero attached hydrogens (tertiary/aromatic N) is 1. The van der Waals surface area contributed by atoms with E-state index in [0.29, 0.717) is 17.2 Å². The number of hydrogen-bond donors (Lipinski definition) is 2. The van der Waals surface area contributed by atoms with Gasteiger partial charge in [-0.25, -0.2) is 4.98 Å². The van der Waals surface area contributed by atoms with E-state index >= 15 is 0 Å². The van der Waals surface area contributed by atoms with Crippen LogP contribution < -0.4 is 5.73 Å². The van der Waals surface area contributed by atoms with Crippen LogP contribution in [0.2, 0.25) is 0 Å². The smallest absolute Gasteiger partial charge is 0.259 e. The minimum atomic E-state index is -0.429. The van der Waals surface area contributed by atoms with Crippen LogP contribution in [0.5, 0.6) is 0 Å². The number of carbonyl (C=O) groups is 1. The van der Waals surface area contributed by atoms with Gasteiger partial charge in [0.2, 0.25) is 0 Å². The van der Waals surface area contributed by atoms with Gasteiger partial charge in [-0.3, -0.25) is 4.79 Å². The Morgan fingerprint density at radius 1 is 1.35 bits per heavy atom. The third kappa shape index (κ3) is 4.43. The first kappa shape index (κ1) is 22.4. The van der Waals surface area contributed by atoms with Crippen molar-refractivity contribution in [1.29, 1.82) is 0 Å². The van der Waals surface area contributed by atoms with Crippen molar-refractivity contribution in [2.75, 3.05) is 6.61 Å². The van der Waals surface area contributed by atoms with Crippen molar-refractivity contribution >= 4 is 43.4 Å². The lowest BCUT2D eigenvalue weighted by Gasteiger charge is -2.34. The Labute approximate surface area is 196 Å². The number of thiophene rings is 1. The van der Waals surface area contributed by atoms with Gasteiger partial charge in [0, 0.05) is 28.1 Å². The Balaban J connectivity index is 1.90. The van der Waals surface area contributed by atoms with Crippen LogP contribution in [0.4, 0.5) is 0 Å². The summed E-state index contributed by atoms with van der Waals surface area (Å²) in [5.74, 6) is 0.0531. The minimum absolute atomic E-state index is 0.0250. The lowest BCUT2D eigenvalue weighted by atomic mass is 9.71. The van der Waals surface area contributed by atoms with E-state index in [-0.39, 0.29) is 17.9 Å². The molecule has 31 heavy (non-hydrogen) atoms. The highest BCUT2D eigenvalue weighted by Gasteiger charge is 2.31. The Bertz CT molecular complexity index is 1130. The molecule has 0 spiro atoms. The van der Waals surface area contributed by atoms with Gasteiger partial charge in [-0.2, -0.15) is 0 Å². The molecule has 0 aliphatic heterocycles. The quantitative estimate of drug-likeness (QED) is 0.462. The normalized spacial score (nSPS) is 17.5. The molecular formula is C25H29BrN2O2S. The molecule has 2 aromatic heterocycles. The monoisotopic (exact) mass is 500 g/mol. The van der Waals surface area contributed by atoms with Gasteiger partial charge in [-0.1, -0.05) is 48.8 Å². The summed E-state index contributed by atoms with van der Waals surface area (Å²) in [7, 11) is 0. The van der Waals surface area contributed by atoms with Gasteiger partial charge in [0.05, 0.1) is 4.88 Å². The molecule has 0 bridgehead atoms. The molecule has 6 heteroatoms. The van der Waals surface area contributed by atoms with Crippen LogP contribution in [0.3, 0.4) is 0 Å². The first-order valence-corrected chi connectivity index (χ1v) is 12.4. The largest absolute Gasteiger partial charge is 0.396 e. The molecular weight excluding hydrogens is 472 g/mol. The summed E-state index contributed by atoms with van der Waals surface area (Å²) >= 11 is 4.94. The molecule has 3 aromatic rings. The number of aryl methyl sites for hydroxylation is 1. The summed E-state index contributed by atoms with van der Waals surface area (Å²) in [5.41, 5.74) is 10.5. The minimum Gasteiger partial charge on any atom is -0.396 e. The molecule has 2 heterocycles. The van der Waals surface area contributed by atoms with Crippen molar-refractivity contribution in [3.63, 3.8) is 0 Å². The Morgan fingerprint density at radius 2 is 2.13 bits per heavy atom. The average molecular weight is 501 g/mol. The number of hydrogen-bond acceptors (Lipinski definition) is 4. The van der Waals surface area contributed by atoms with Crippen LogP contribution in [0, 0.1) is 11.3 Å². The van der Waals surface area contributed by atoms with Crippen molar-refractivity contribution in [3.05, 3.63) is 62.1 Å². The third-order valence-corrected chi connectivity index (χ3v) is 8.17. The lowest BCUT2D eigenvalue weighted by molar-refractivity contribution is 0.100. The highest BCUT2D eigenvalue weighted by Crippen LogP contribution is 2.43. The van der Waals surface area contributed by atoms with Crippen LogP contribution in [0.1, 0.15) is 71.6 Å². The van der Waals surface area contributed by atoms with E-state index in [9.17, 15) is 9.90 Å². The summed E-state index contributed by atoms with van der Waals surface area (Å²) < 4.78 is 0.969. The Hall–Kier alpha value is -1.76. The molecule has 1 aliphatic carbocycles. The fourth-order valence-electron chi connectivity index (χ4n) is 4.79. The van der Waals surface area contributed by atoms with Crippen LogP contribution >= 0.6 is 27.3 Å². The van der Waals surface area contributed by atoms with Gasteiger partial charge in [-0.05, 0) is 71.9 Å². The molecule has 1 aromatic carbocycles. The number of amides is 1. The van der Waals surface area contributed by atoms with Gasteiger partial charge in [0.25, 0.3) is 5.91 Å². The van der Waals surface area contributed by atoms with Crippen molar-refractivity contribution in [2.45, 2.75) is 52.4 Å². The average Bonchev–Trinajstić information content (AvgIpc) is 3.07. The summed E-state index contributed by atoms with van der Waals surface area (Å²) in [6.45, 7) is 6.94. The molecule has 0 fully saturated rings. The number of fused-ring (bicyclic) bond motifs is 2. The van der Waals surface area contributed by atoms with Gasteiger partial charge < -0.3 is 10.8 Å². The SMILES string of the molecule is CC(C)(C)C1CCc2nc3sc(C(N)=O)c([C@H](CCO)c4cccc(Br)c4)c3cc2C1. The number of nitrogens with two attached hydrogens (primary N) is 1. The fourth-order valence-corrected chi connectivity index (χ4v) is 6.30. The number of benzene rings is 1. The molecule has 2 atom stereocenters. The van der Waals surface area contributed by atoms with Crippen molar-refractivity contribution in [2.24, 2.45) is 17.1 Å². The van der Waals surface area contributed by atoms with Crippen LogP contribution in [0.25, 0.3) is 10.2 Å². The zero-order chi connectivity index (χ0) is 22.3. The third-order valence-electron chi connectivity index (χ3n) is 6.55. The van der Waals surface area contributed by atoms with E-state index in [4.69, 9.17) is 10.7 Å². The van der Waals surface area contributed by atoms with Gasteiger partial charge in [-0.15, -0.1) is 11.3 Å². The highest BCUT2D eigenvalue weighted by molar-refractivity contribution is 9.10. The summed E-state index contributed by atoms with van der Waals surface area (Å²) in [6.07, 6.45) is 3.63. The zero-order valence-electron chi connectivity index (χ0n) is 18.2. The summed E-state index contributed by atoms with van der Waals surface area (Å²) in [4.78, 5) is 18.8. The predicted octanol–water partition coefficient (Wildman–Crippen LogP) is 5.82. The standard InChI is InChI=1S/C25H29BrN2O2S/c1-25(2,3)16-7-8-20-15(11-16)13-19-21(22(23(27)30)31-24(19)28-20)18(9-10-29)14-5-4-6-17(26)12-14/h4-6,12-13,16,18,29H,7-11H2,1-3H3,(H2,27,30)/t16?,18-/m1/s1. The first-order valence-electron chi connectivity index (χ1n) is 10.8. The Morgan fingerprint density at radius 3 is 2.77 bits per heavy atom. The van der Waals surface area contributed by atoms with Crippen molar-refractivity contribution < 1.29 is 9.90 Å². The molecule has 1 unspecified atom stereocenters. The van der Waals surface area contributed by atoms with E-state index in [1.54, 1.807) is 0 Å². The van der Waals surface area contributed by atoms with Crippen LogP contribution in [-0.4, -0.2) is 22.6 Å². The number of aromatic nitrogens is 1. The van der Waals surface area contributed by atoms with E-state index in [1.807, 2.05) is 18.2 Å². The molecule has 4 nitrogen and oxygen atoms in total. The van der Waals surface area contributed by atoms with Crippen LogP contribution in [0.15, 0.2) is 34.8 Å². The second-order valence-corrected chi connectivity index (χ2v) is 11.5. The molecule has 0 radical (unpaired) electrons. The van der Waals surface area contributed by atoms with Crippen molar-refractivity contribution in [3.8, 4) is 0 Å².